The molecule has 120 valence electrons. The molecule has 1 unspecified atom stereocenters. The zero-order valence-corrected chi connectivity index (χ0v) is 13.2. The van der Waals surface area contributed by atoms with Gasteiger partial charge in [-0.25, -0.2) is 0 Å². The second kappa shape index (κ2) is 6.25. The molecule has 2 spiro atoms. The molecule has 0 bridgehead atoms. The van der Waals surface area contributed by atoms with Crippen molar-refractivity contribution in [3.8, 4) is 0 Å². The molecule has 21 heavy (non-hydrogen) atoms. The summed E-state index contributed by atoms with van der Waals surface area (Å²) in [5, 5.41) is 0. The van der Waals surface area contributed by atoms with Gasteiger partial charge >= 0.3 is 5.97 Å². The first kappa shape index (κ1) is 15.3. The highest BCUT2D eigenvalue weighted by molar-refractivity contribution is 5.69. The largest absolute Gasteiger partial charge is 0.466 e. The van der Waals surface area contributed by atoms with E-state index < -0.39 is 0 Å². The van der Waals surface area contributed by atoms with Gasteiger partial charge in [-0.05, 0) is 56.8 Å². The first-order chi connectivity index (χ1) is 10.2. The zero-order chi connectivity index (χ0) is 14.8. The second-order valence-electron chi connectivity index (χ2n) is 7.09. The summed E-state index contributed by atoms with van der Waals surface area (Å²) in [6.45, 7) is 3.86. The smallest absolute Gasteiger partial charge is 0.305 e. The molecule has 1 aliphatic heterocycles. The molecule has 0 aromatic heterocycles. The summed E-state index contributed by atoms with van der Waals surface area (Å²) >= 11 is 0. The maximum Gasteiger partial charge on any atom is 0.305 e. The van der Waals surface area contributed by atoms with E-state index in [1.807, 2.05) is 6.92 Å². The number of ether oxygens (including phenoxy) is 3. The third-order valence-corrected chi connectivity index (χ3v) is 5.59. The minimum absolute atomic E-state index is 0.0407. The van der Waals surface area contributed by atoms with Crippen molar-refractivity contribution in [2.24, 2.45) is 11.3 Å². The summed E-state index contributed by atoms with van der Waals surface area (Å²) in [4.78, 5) is 11.5. The van der Waals surface area contributed by atoms with Crippen molar-refractivity contribution in [2.75, 3.05) is 19.8 Å². The molecule has 1 saturated heterocycles. The molecule has 2 saturated carbocycles. The third kappa shape index (κ3) is 3.42. The molecule has 0 amide bonds. The number of carbonyl (C=O) groups excluding carboxylic acids is 1. The fourth-order valence-corrected chi connectivity index (χ4v) is 4.74. The number of hydrogen-bond donors (Lipinski definition) is 0. The van der Waals surface area contributed by atoms with Gasteiger partial charge in [0, 0.05) is 19.3 Å². The molecule has 0 radical (unpaired) electrons. The number of esters is 1. The Balaban J connectivity index is 1.52. The van der Waals surface area contributed by atoms with Gasteiger partial charge in [-0.3, -0.25) is 4.79 Å². The molecule has 4 nitrogen and oxygen atoms in total. The Labute approximate surface area is 127 Å². The fraction of sp³-hybridized carbons (Fsp3) is 0.941. The first-order valence-corrected chi connectivity index (χ1v) is 8.59. The average Bonchev–Trinajstić information content (AvgIpc) is 3.05. The predicted molar refractivity (Wildman–Crippen MR) is 78.7 cm³/mol. The lowest BCUT2D eigenvalue weighted by Crippen LogP contribution is -2.41. The van der Waals surface area contributed by atoms with Crippen LogP contribution in [0.4, 0.5) is 0 Å². The lowest BCUT2D eigenvalue weighted by atomic mass is 9.69. The van der Waals surface area contributed by atoms with Crippen molar-refractivity contribution >= 4 is 5.97 Å². The Bertz CT molecular complexity index is 375. The molecule has 0 N–H and O–H groups in total. The summed E-state index contributed by atoms with van der Waals surface area (Å²) in [5.41, 5.74) is 0.405. The molecule has 2 atom stereocenters. The van der Waals surface area contributed by atoms with Crippen LogP contribution in [-0.2, 0) is 19.0 Å². The molecule has 4 heteroatoms. The van der Waals surface area contributed by atoms with Gasteiger partial charge in [-0.15, -0.1) is 0 Å². The van der Waals surface area contributed by atoms with E-state index in [0.717, 1.165) is 32.5 Å². The van der Waals surface area contributed by atoms with E-state index in [4.69, 9.17) is 14.2 Å². The summed E-state index contributed by atoms with van der Waals surface area (Å²) in [7, 11) is 0. The zero-order valence-electron chi connectivity index (χ0n) is 13.2. The van der Waals surface area contributed by atoms with Gasteiger partial charge in [0.05, 0.1) is 19.8 Å². The van der Waals surface area contributed by atoms with Crippen LogP contribution in [0.2, 0.25) is 0 Å². The Morgan fingerprint density at radius 2 is 2.05 bits per heavy atom. The van der Waals surface area contributed by atoms with E-state index in [1.54, 1.807) is 0 Å². The first-order valence-electron chi connectivity index (χ1n) is 8.59. The van der Waals surface area contributed by atoms with Gasteiger partial charge in [0.2, 0.25) is 0 Å². The van der Waals surface area contributed by atoms with Gasteiger partial charge < -0.3 is 14.2 Å². The highest BCUT2D eigenvalue weighted by Gasteiger charge is 2.50. The van der Waals surface area contributed by atoms with E-state index in [2.05, 4.69) is 0 Å². The maximum atomic E-state index is 11.5. The van der Waals surface area contributed by atoms with Crippen LogP contribution in [-0.4, -0.2) is 31.6 Å². The molecule has 0 aromatic rings. The summed E-state index contributed by atoms with van der Waals surface area (Å²) in [6.07, 6.45) is 9.95. The minimum Gasteiger partial charge on any atom is -0.466 e. The van der Waals surface area contributed by atoms with Crippen LogP contribution in [0.3, 0.4) is 0 Å². The monoisotopic (exact) mass is 296 g/mol. The van der Waals surface area contributed by atoms with Crippen LogP contribution in [0.25, 0.3) is 0 Å². The highest BCUT2D eigenvalue weighted by atomic mass is 16.7. The van der Waals surface area contributed by atoms with Gasteiger partial charge in [-0.1, -0.05) is 0 Å². The number of rotatable bonds is 4. The van der Waals surface area contributed by atoms with Crippen molar-refractivity contribution in [3.05, 3.63) is 0 Å². The quantitative estimate of drug-likeness (QED) is 0.746. The summed E-state index contributed by atoms with van der Waals surface area (Å²) in [6, 6.07) is 0. The van der Waals surface area contributed by atoms with Crippen LogP contribution in [0.5, 0.6) is 0 Å². The Morgan fingerprint density at radius 3 is 2.81 bits per heavy atom. The molecular weight excluding hydrogens is 268 g/mol. The van der Waals surface area contributed by atoms with Gasteiger partial charge in [-0.2, -0.15) is 0 Å². The molecule has 1 heterocycles. The normalized spacial score (nSPS) is 34.6. The van der Waals surface area contributed by atoms with Gasteiger partial charge in [0.1, 0.15) is 0 Å². The van der Waals surface area contributed by atoms with E-state index in [0.29, 0.717) is 24.4 Å². The lowest BCUT2D eigenvalue weighted by Gasteiger charge is -2.43. The fourth-order valence-electron chi connectivity index (χ4n) is 4.74. The summed E-state index contributed by atoms with van der Waals surface area (Å²) in [5.74, 6) is 0.362. The Hall–Kier alpha value is -0.610. The molecule has 0 aromatic carbocycles. The van der Waals surface area contributed by atoms with Crippen LogP contribution < -0.4 is 0 Å². The van der Waals surface area contributed by atoms with Crippen LogP contribution in [0, 0.1) is 11.3 Å². The molecule has 3 rings (SSSR count). The molecule has 3 aliphatic rings. The van der Waals surface area contributed by atoms with E-state index >= 15 is 0 Å². The van der Waals surface area contributed by atoms with Gasteiger partial charge in [0.15, 0.2) is 5.79 Å². The van der Waals surface area contributed by atoms with Crippen LogP contribution >= 0.6 is 0 Å². The van der Waals surface area contributed by atoms with Crippen molar-refractivity contribution in [3.63, 3.8) is 0 Å². The molecule has 3 fully saturated rings. The number of carbonyl (C=O) groups is 1. The molecule has 2 aliphatic carbocycles. The minimum atomic E-state index is -0.270. The second-order valence-corrected chi connectivity index (χ2v) is 7.09. The Morgan fingerprint density at radius 1 is 1.24 bits per heavy atom. The van der Waals surface area contributed by atoms with Crippen molar-refractivity contribution in [1.82, 2.24) is 0 Å². The standard InChI is InChI=1S/C17H28O4/c1-2-19-15(18)5-4-14-6-9-16(12-14)7-3-8-17(13-16)20-10-11-21-17/h14H,2-13H2,1H3/t14?,16-/m1/s1. The van der Waals surface area contributed by atoms with Crippen LogP contribution in [0.15, 0.2) is 0 Å². The SMILES string of the molecule is CCOC(=O)CCC1CC[C@]2(CCCC3(C2)OCCO3)C1. The van der Waals surface area contributed by atoms with Crippen molar-refractivity contribution < 1.29 is 19.0 Å². The van der Waals surface area contributed by atoms with Gasteiger partial charge in [0.25, 0.3) is 0 Å². The lowest BCUT2D eigenvalue weighted by molar-refractivity contribution is -0.201. The number of hydrogen-bond acceptors (Lipinski definition) is 4. The summed E-state index contributed by atoms with van der Waals surface area (Å²) < 4.78 is 16.9. The van der Waals surface area contributed by atoms with E-state index in [9.17, 15) is 4.79 Å². The topological polar surface area (TPSA) is 44.8 Å². The average molecular weight is 296 g/mol. The third-order valence-electron chi connectivity index (χ3n) is 5.59. The molecular formula is C17H28O4. The van der Waals surface area contributed by atoms with Crippen molar-refractivity contribution in [2.45, 2.75) is 70.5 Å². The maximum absolute atomic E-state index is 11.5. The Kier molecular flexibility index (Phi) is 4.55. The predicted octanol–water partition coefficient (Wildman–Crippen LogP) is 3.43. The highest BCUT2D eigenvalue weighted by Crippen LogP contribution is 2.56. The van der Waals surface area contributed by atoms with E-state index in [-0.39, 0.29) is 11.8 Å². The van der Waals surface area contributed by atoms with Crippen LogP contribution in [0.1, 0.15) is 64.7 Å². The van der Waals surface area contributed by atoms with E-state index in [1.165, 1.54) is 32.1 Å². The van der Waals surface area contributed by atoms with Crippen molar-refractivity contribution in [1.29, 1.82) is 0 Å².